The Balaban J connectivity index is 0.00000182. The van der Waals surface area contributed by atoms with E-state index in [9.17, 15) is 4.79 Å². The van der Waals surface area contributed by atoms with Crippen molar-refractivity contribution in [1.29, 1.82) is 0 Å². The molecule has 0 bridgehead atoms. The fourth-order valence-corrected chi connectivity index (χ4v) is 3.60. The number of nitrogens with zero attached hydrogens (tertiary/aromatic N) is 2. The van der Waals surface area contributed by atoms with E-state index >= 15 is 0 Å². The molecule has 25 heavy (non-hydrogen) atoms. The smallest absolute Gasteiger partial charge is 0.245 e. The van der Waals surface area contributed by atoms with Crippen LogP contribution >= 0.6 is 28.3 Å². The summed E-state index contributed by atoms with van der Waals surface area (Å²) in [5.41, 5.74) is 3.47. The molecular formula is C20H18BrN2OS+. The SMILES string of the molecule is Br.O=C(Cn1c[n+](Cc2ccccc2)c2ccccc21)c1cccs1. The Morgan fingerprint density at radius 2 is 1.72 bits per heavy atom. The van der Waals surface area contributed by atoms with Crippen molar-refractivity contribution in [3.63, 3.8) is 0 Å². The van der Waals surface area contributed by atoms with E-state index in [1.54, 1.807) is 0 Å². The highest BCUT2D eigenvalue weighted by atomic mass is 79.9. The number of carbonyl (C=O) groups excluding carboxylic acids is 1. The second-order valence-corrected chi connectivity index (χ2v) is 6.69. The summed E-state index contributed by atoms with van der Waals surface area (Å²) in [5, 5.41) is 1.94. The molecule has 2 aromatic heterocycles. The van der Waals surface area contributed by atoms with Gasteiger partial charge in [-0.2, -0.15) is 0 Å². The van der Waals surface area contributed by atoms with E-state index < -0.39 is 0 Å². The minimum absolute atomic E-state index is 0. The minimum Gasteiger partial charge on any atom is -0.289 e. The lowest BCUT2D eigenvalue weighted by molar-refractivity contribution is -0.663. The number of fused-ring (bicyclic) bond motifs is 1. The van der Waals surface area contributed by atoms with Crippen LogP contribution in [-0.4, -0.2) is 10.4 Å². The molecule has 0 saturated carbocycles. The maximum absolute atomic E-state index is 12.5. The number of thiophene rings is 1. The van der Waals surface area contributed by atoms with Crippen LogP contribution in [0.1, 0.15) is 15.2 Å². The molecule has 0 spiro atoms. The molecule has 0 aliphatic carbocycles. The molecule has 0 fully saturated rings. The van der Waals surface area contributed by atoms with Gasteiger partial charge < -0.3 is 0 Å². The third kappa shape index (κ3) is 3.72. The van der Waals surface area contributed by atoms with Crippen LogP contribution in [0.15, 0.2) is 78.4 Å². The first-order valence-electron chi connectivity index (χ1n) is 7.89. The molecule has 4 rings (SSSR count). The molecule has 2 heterocycles. The van der Waals surface area contributed by atoms with E-state index in [4.69, 9.17) is 0 Å². The second-order valence-electron chi connectivity index (χ2n) is 5.75. The summed E-state index contributed by atoms with van der Waals surface area (Å²) in [5.74, 6) is 0.151. The minimum atomic E-state index is 0. The molecule has 5 heteroatoms. The average Bonchev–Trinajstić information content (AvgIpc) is 3.26. The van der Waals surface area contributed by atoms with Crippen LogP contribution in [0.2, 0.25) is 0 Å². The highest BCUT2D eigenvalue weighted by Gasteiger charge is 2.19. The number of halogens is 1. The van der Waals surface area contributed by atoms with Gasteiger partial charge in [-0.3, -0.25) is 4.79 Å². The van der Waals surface area contributed by atoms with Gasteiger partial charge in [-0.1, -0.05) is 48.5 Å². The molecule has 0 aliphatic rings. The van der Waals surface area contributed by atoms with E-state index in [0.717, 1.165) is 22.5 Å². The molecule has 0 atom stereocenters. The van der Waals surface area contributed by atoms with Crippen molar-refractivity contribution in [2.75, 3.05) is 0 Å². The van der Waals surface area contributed by atoms with Crippen molar-refractivity contribution >= 4 is 45.1 Å². The Hall–Kier alpha value is -2.24. The van der Waals surface area contributed by atoms with E-state index in [0.29, 0.717) is 6.54 Å². The monoisotopic (exact) mass is 413 g/mol. The molecule has 2 aromatic carbocycles. The Morgan fingerprint density at radius 3 is 2.48 bits per heavy atom. The summed E-state index contributed by atoms with van der Waals surface area (Å²) in [6, 6.07) is 22.4. The van der Waals surface area contributed by atoms with Crippen molar-refractivity contribution in [3.8, 4) is 0 Å². The number of rotatable bonds is 5. The standard InChI is InChI=1S/C20H17N2OS.BrH/c23-19(20-11-6-12-24-20)14-22-15-21(13-16-7-2-1-3-8-16)17-9-4-5-10-18(17)22;/h1-12,15H,13-14H2;1H/q+1;. The maximum Gasteiger partial charge on any atom is 0.245 e. The van der Waals surface area contributed by atoms with Crippen molar-refractivity contribution in [2.45, 2.75) is 13.1 Å². The molecule has 126 valence electrons. The van der Waals surface area contributed by atoms with Crippen LogP contribution < -0.4 is 4.57 Å². The van der Waals surface area contributed by atoms with Gasteiger partial charge >= 0.3 is 0 Å². The predicted molar refractivity (Wildman–Crippen MR) is 107 cm³/mol. The van der Waals surface area contributed by atoms with Gasteiger partial charge in [0.05, 0.1) is 4.88 Å². The molecule has 0 radical (unpaired) electrons. The Bertz CT molecular complexity index is 978. The van der Waals surface area contributed by atoms with Crippen LogP contribution in [-0.2, 0) is 13.1 Å². The Morgan fingerprint density at radius 1 is 0.960 bits per heavy atom. The fourth-order valence-electron chi connectivity index (χ4n) is 2.94. The lowest BCUT2D eigenvalue weighted by atomic mass is 10.2. The van der Waals surface area contributed by atoms with E-state index in [2.05, 4.69) is 41.0 Å². The highest BCUT2D eigenvalue weighted by molar-refractivity contribution is 8.93. The van der Waals surface area contributed by atoms with E-state index in [1.165, 1.54) is 16.9 Å². The summed E-state index contributed by atoms with van der Waals surface area (Å²) in [6.07, 6.45) is 2.04. The maximum atomic E-state index is 12.5. The van der Waals surface area contributed by atoms with Gasteiger partial charge in [-0.25, -0.2) is 9.13 Å². The number of para-hydroxylation sites is 2. The van der Waals surface area contributed by atoms with Crippen molar-refractivity contribution in [3.05, 3.63) is 88.9 Å². The molecule has 3 nitrogen and oxygen atoms in total. The first kappa shape index (κ1) is 17.6. The van der Waals surface area contributed by atoms with Gasteiger partial charge in [-0.05, 0) is 29.1 Å². The molecule has 0 unspecified atom stereocenters. The van der Waals surface area contributed by atoms with Gasteiger partial charge in [0.15, 0.2) is 17.6 Å². The van der Waals surface area contributed by atoms with Gasteiger partial charge in [0.1, 0.15) is 6.54 Å². The molecule has 0 N–H and O–H groups in total. The first-order chi connectivity index (χ1) is 11.8. The number of ketones is 1. The molecular weight excluding hydrogens is 396 g/mol. The third-order valence-corrected chi connectivity index (χ3v) is 5.00. The summed E-state index contributed by atoms with van der Waals surface area (Å²) < 4.78 is 4.24. The number of aromatic nitrogens is 2. The van der Waals surface area contributed by atoms with Crippen molar-refractivity contribution in [1.82, 2.24) is 4.57 Å². The largest absolute Gasteiger partial charge is 0.289 e. The number of imidazole rings is 1. The van der Waals surface area contributed by atoms with Crippen LogP contribution in [0.4, 0.5) is 0 Å². The zero-order chi connectivity index (χ0) is 16.4. The molecule has 4 aromatic rings. The lowest BCUT2D eigenvalue weighted by Gasteiger charge is -1.98. The summed E-state index contributed by atoms with van der Waals surface area (Å²) in [4.78, 5) is 13.3. The Labute approximate surface area is 160 Å². The molecule has 0 amide bonds. The average molecular weight is 414 g/mol. The van der Waals surface area contributed by atoms with E-state index in [1.807, 2.05) is 46.6 Å². The number of benzene rings is 2. The first-order valence-corrected chi connectivity index (χ1v) is 8.77. The highest BCUT2D eigenvalue weighted by Crippen LogP contribution is 2.15. The third-order valence-electron chi connectivity index (χ3n) is 4.09. The zero-order valence-electron chi connectivity index (χ0n) is 13.5. The van der Waals surface area contributed by atoms with Crippen molar-refractivity contribution < 1.29 is 9.36 Å². The number of hydrogen-bond donors (Lipinski definition) is 0. The zero-order valence-corrected chi connectivity index (χ0v) is 16.1. The van der Waals surface area contributed by atoms with Gasteiger partial charge in [0, 0.05) is 0 Å². The topological polar surface area (TPSA) is 25.9 Å². The Kier molecular flexibility index (Phi) is 5.46. The van der Waals surface area contributed by atoms with Crippen LogP contribution in [0.3, 0.4) is 0 Å². The number of carbonyl (C=O) groups is 1. The summed E-state index contributed by atoms with van der Waals surface area (Å²) in [6.45, 7) is 1.16. The normalized spacial score (nSPS) is 10.6. The van der Waals surface area contributed by atoms with Crippen LogP contribution in [0.5, 0.6) is 0 Å². The quantitative estimate of drug-likeness (QED) is 0.349. The van der Waals surface area contributed by atoms with Crippen LogP contribution in [0, 0.1) is 0 Å². The van der Waals surface area contributed by atoms with Gasteiger partial charge in [-0.15, -0.1) is 28.3 Å². The summed E-state index contributed by atoms with van der Waals surface area (Å²) in [7, 11) is 0. The lowest BCUT2D eigenvalue weighted by Crippen LogP contribution is -2.32. The van der Waals surface area contributed by atoms with Crippen LogP contribution in [0.25, 0.3) is 11.0 Å². The second kappa shape index (κ2) is 7.76. The van der Waals surface area contributed by atoms with Gasteiger partial charge in [0.2, 0.25) is 12.1 Å². The summed E-state index contributed by atoms with van der Waals surface area (Å²) >= 11 is 1.50. The molecule has 0 aliphatic heterocycles. The number of Topliss-reactive ketones (excluding diaryl/α,β-unsaturated/α-hetero) is 1. The fraction of sp³-hybridized carbons (Fsp3) is 0.100. The number of hydrogen-bond acceptors (Lipinski definition) is 2. The molecule has 0 saturated heterocycles. The van der Waals surface area contributed by atoms with E-state index in [-0.39, 0.29) is 22.8 Å². The predicted octanol–water partition coefficient (Wildman–Crippen LogP) is 4.50. The van der Waals surface area contributed by atoms with Crippen molar-refractivity contribution in [2.24, 2.45) is 0 Å². The van der Waals surface area contributed by atoms with Gasteiger partial charge in [0.25, 0.3) is 0 Å².